The standard InChI is InChI=1S/C34H34O2Si/c1-5-37(6-2)33(27-17-21-29(35-3)22-18-27)31(25-13-9-7-10-14-25)32(26-15-11-8-12-16-26)34(37)28-19-23-30(36-4)24-20-28/h7-24H,5-6H2,1-4H3. The van der Waals surface area contributed by atoms with Crippen LogP contribution in [0.5, 0.6) is 11.5 Å². The summed E-state index contributed by atoms with van der Waals surface area (Å²) in [4.78, 5) is 0. The average Bonchev–Trinajstić information content (AvgIpc) is 3.29. The quantitative estimate of drug-likeness (QED) is 0.224. The van der Waals surface area contributed by atoms with E-state index in [2.05, 4.69) is 123 Å². The molecule has 186 valence electrons. The summed E-state index contributed by atoms with van der Waals surface area (Å²) >= 11 is 0. The van der Waals surface area contributed by atoms with Crippen LogP contribution in [0.1, 0.15) is 36.1 Å². The Morgan fingerprint density at radius 3 is 1.11 bits per heavy atom. The van der Waals surface area contributed by atoms with Gasteiger partial charge >= 0.3 is 0 Å². The molecule has 0 spiro atoms. The SMILES string of the molecule is CC[Si]1(CC)C(c2ccc(OC)cc2)=C(c2ccccc2)C(c2ccccc2)=C1c1ccc(OC)cc1. The van der Waals surface area contributed by atoms with Crippen molar-refractivity contribution in [1.29, 1.82) is 0 Å². The molecule has 4 aromatic carbocycles. The molecule has 0 unspecified atom stereocenters. The zero-order chi connectivity index (χ0) is 25.8. The maximum Gasteiger partial charge on any atom is 0.120 e. The molecule has 37 heavy (non-hydrogen) atoms. The molecule has 0 aromatic heterocycles. The monoisotopic (exact) mass is 502 g/mol. The van der Waals surface area contributed by atoms with Crippen molar-refractivity contribution in [2.24, 2.45) is 0 Å². The lowest BCUT2D eigenvalue weighted by molar-refractivity contribution is 0.414. The second-order valence-electron chi connectivity index (χ2n) is 9.48. The summed E-state index contributed by atoms with van der Waals surface area (Å²) in [7, 11) is 1.27. The molecule has 0 amide bonds. The molecule has 0 atom stereocenters. The maximum absolute atomic E-state index is 5.52. The third-order valence-corrected chi connectivity index (χ3v) is 13.2. The molecule has 0 bridgehead atoms. The van der Waals surface area contributed by atoms with Crippen molar-refractivity contribution in [1.82, 2.24) is 0 Å². The van der Waals surface area contributed by atoms with Gasteiger partial charge in [-0.2, -0.15) is 0 Å². The second kappa shape index (κ2) is 10.7. The number of methoxy groups -OCH3 is 2. The fourth-order valence-electron chi connectivity index (χ4n) is 5.95. The van der Waals surface area contributed by atoms with E-state index in [-0.39, 0.29) is 0 Å². The fraction of sp³-hybridized carbons (Fsp3) is 0.176. The topological polar surface area (TPSA) is 18.5 Å². The third-order valence-electron chi connectivity index (χ3n) is 7.80. The lowest BCUT2D eigenvalue weighted by Crippen LogP contribution is -2.35. The van der Waals surface area contributed by atoms with E-state index >= 15 is 0 Å². The Morgan fingerprint density at radius 2 is 0.811 bits per heavy atom. The highest BCUT2D eigenvalue weighted by Crippen LogP contribution is 2.58. The summed E-state index contributed by atoms with van der Waals surface area (Å²) in [5.74, 6) is 1.77. The lowest BCUT2D eigenvalue weighted by atomic mass is 9.89. The van der Waals surface area contributed by atoms with Gasteiger partial charge in [0.2, 0.25) is 0 Å². The first-order chi connectivity index (χ1) is 18.2. The first-order valence-electron chi connectivity index (χ1n) is 13.1. The van der Waals surface area contributed by atoms with Gasteiger partial charge in [-0.3, -0.25) is 0 Å². The molecule has 0 saturated heterocycles. The van der Waals surface area contributed by atoms with Gasteiger partial charge in [0.1, 0.15) is 19.6 Å². The Labute approximate surface area is 221 Å². The molecular formula is C34H34O2Si. The highest BCUT2D eigenvalue weighted by molar-refractivity contribution is 7.14. The van der Waals surface area contributed by atoms with Gasteiger partial charge in [0.05, 0.1) is 14.2 Å². The highest BCUT2D eigenvalue weighted by Gasteiger charge is 2.48. The molecule has 4 aromatic rings. The summed E-state index contributed by atoms with van der Waals surface area (Å²) in [6.45, 7) is 4.78. The maximum atomic E-state index is 5.52. The molecule has 0 saturated carbocycles. The first kappa shape index (κ1) is 24.9. The minimum absolute atomic E-state index is 0.885. The largest absolute Gasteiger partial charge is 0.497 e. The van der Waals surface area contributed by atoms with Crippen LogP contribution in [0.3, 0.4) is 0 Å². The summed E-state index contributed by atoms with van der Waals surface area (Å²) in [6, 6.07) is 41.6. The van der Waals surface area contributed by atoms with E-state index < -0.39 is 8.07 Å². The van der Waals surface area contributed by atoms with Crippen LogP contribution >= 0.6 is 0 Å². The van der Waals surface area contributed by atoms with Gasteiger partial charge in [-0.1, -0.05) is 111 Å². The fourth-order valence-corrected chi connectivity index (χ4v) is 11.1. The van der Waals surface area contributed by atoms with Crippen molar-refractivity contribution in [3.05, 3.63) is 131 Å². The molecule has 5 rings (SSSR count). The van der Waals surface area contributed by atoms with Crippen molar-refractivity contribution in [3.63, 3.8) is 0 Å². The molecule has 1 aliphatic heterocycles. The Hall–Kier alpha value is -3.82. The summed E-state index contributed by atoms with van der Waals surface area (Å²) in [5, 5.41) is 3.05. The minimum Gasteiger partial charge on any atom is -0.497 e. The number of benzene rings is 4. The Kier molecular flexibility index (Phi) is 7.16. The second-order valence-corrected chi connectivity index (χ2v) is 14.1. The van der Waals surface area contributed by atoms with Gasteiger partial charge in [-0.05, 0) is 68.1 Å². The Morgan fingerprint density at radius 1 is 0.459 bits per heavy atom. The Bertz CT molecular complexity index is 1300. The van der Waals surface area contributed by atoms with Crippen molar-refractivity contribution in [3.8, 4) is 11.5 Å². The van der Waals surface area contributed by atoms with Crippen molar-refractivity contribution in [2.45, 2.75) is 25.9 Å². The van der Waals surface area contributed by atoms with Crippen LogP contribution in [0.2, 0.25) is 12.1 Å². The molecule has 0 fully saturated rings. The number of hydrogen-bond acceptors (Lipinski definition) is 2. The zero-order valence-corrected chi connectivity index (χ0v) is 23.1. The smallest absolute Gasteiger partial charge is 0.120 e. The van der Waals surface area contributed by atoms with Crippen LogP contribution in [0.4, 0.5) is 0 Å². The highest BCUT2D eigenvalue weighted by atomic mass is 28.3. The Balaban J connectivity index is 1.92. The summed E-state index contributed by atoms with van der Waals surface area (Å²) < 4.78 is 11.0. The van der Waals surface area contributed by atoms with Crippen molar-refractivity contribution in [2.75, 3.05) is 14.2 Å². The van der Waals surface area contributed by atoms with Gasteiger partial charge in [-0.15, -0.1) is 0 Å². The molecule has 3 heteroatoms. The van der Waals surface area contributed by atoms with Crippen molar-refractivity contribution >= 4 is 29.6 Å². The molecule has 0 radical (unpaired) electrons. The van der Waals surface area contributed by atoms with Crippen LogP contribution in [-0.4, -0.2) is 22.3 Å². The predicted octanol–water partition coefficient (Wildman–Crippen LogP) is 8.81. The van der Waals surface area contributed by atoms with E-state index in [9.17, 15) is 0 Å². The molecule has 0 aliphatic carbocycles. The summed E-state index contributed by atoms with van der Waals surface area (Å²) in [5.41, 5.74) is 7.89. The minimum atomic E-state index is -2.19. The zero-order valence-electron chi connectivity index (χ0n) is 22.1. The number of hydrogen-bond donors (Lipinski definition) is 0. The molecular weight excluding hydrogens is 468 g/mol. The number of allylic oxidation sites excluding steroid dienone is 2. The van der Waals surface area contributed by atoms with Crippen molar-refractivity contribution < 1.29 is 9.47 Å². The average molecular weight is 503 g/mol. The normalized spacial score (nSPS) is 14.7. The van der Waals surface area contributed by atoms with E-state index in [1.807, 2.05) is 0 Å². The van der Waals surface area contributed by atoms with Gasteiger partial charge < -0.3 is 9.47 Å². The van der Waals surface area contributed by atoms with E-state index in [1.165, 1.54) is 43.8 Å². The van der Waals surface area contributed by atoms with Gasteiger partial charge in [0, 0.05) is 0 Å². The molecule has 0 N–H and O–H groups in total. The predicted molar refractivity (Wildman–Crippen MR) is 159 cm³/mol. The van der Waals surface area contributed by atoms with Crippen LogP contribution in [0.15, 0.2) is 109 Å². The lowest BCUT2D eigenvalue weighted by Gasteiger charge is -2.33. The molecule has 2 nitrogen and oxygen atoms in total. The van der Waals surface area contributed by atoms with Crippen LogP contribution in [0.25, 0.3) is 21.5 Å². The van der Waals surface area contributed by atoms with E-state index in [1.54, 1.807) is 14.2 Å². The van der Waals surface area contributed by atoms with E-state index in [4.69, 9.17) is 9.47 Å². The number of rotatable bonds is 8. The van der Waals surface area contributed by atoms with Crippen LogP contribution < -0.4 is 9.47 Å². The molecule has 1 heterocycles. The van der Waals surface area contributed by atoms with E-state index in [0.29, 0.717) is 0 Å². The van der Waals surface area contributed by atoms with Crippen LogP contribution in [0, 0.1) is 0 Å². The van der Waals surface area contributed by atoms with E-state index in [0.717, 1.165) is 23.6 Å². The van der Waals surface area contributed by atoms with Gasteiger partial charge in [0.15, 0.2) is 0 Å². The molecule has 1 aliphatic rings. The number of ether oxygens (including phenoxy) is 2. The summed E-state index contributed by atoms with van der Waals surface area (Å²) in [6.07, 6.45) is 0. The van der Waals surface area contributed by atoms with Gasteiger partial charge in [-0.25, -0.2) is 0 Å². The third kappa shape index (κ3) is 4.34. The van der Waals surface area contributed by atoms with Crippen LogP contribution in [-0.2, 0) is 0 Å². The first-order valence-corrected chi connectivity index (χ1v) is 15.5. The van der Waals surface area contributed by atoms with Gasteiger partial charge in [0.25, 0.3) is 0 Å².